The molecule has 19 rings (SSSR count). The molecule has 5 fully saturated rings. The summed E-state index contributed by atoms with van der Waals surface area (Å²) >= 11 is 7.43. The Morgan fingerprint density at radius 1 is 0.653 bits per heavy atom. The molecule has 118 heavy (non-hydrogen) atoms. The molecule has 0 spiro atoms. The highest BCUT2D eigenvalue weighted by Gasteiger charge is 2.35. The number of sulfonamides is 1. The molecule has 0 radical (unpaired) electrons. The predicted octanol–water partition coefficient (Wildman–Crippen LogP) is 15.4. The Balaban J connectivity index is 0.000000150. The number of nitrogens with one attached hydrogen (secondary N) is 9. The van der Waals surface area contributed by atoms with Crippen LogP contribution in [0.25, 0.3) is 39.6 Å². The van der Waals surface area contributed by atoms with Crippen molar-refractivity contribution in [2.45, 2.75) is 144 Å². The molecule has 2 saturated heterocycles. The molecule has 3 saturated carbocycles. The van der Waals surface area contributed by atoms with E-state index in [2.05, 4.69) is 117 Å². The molecule has 7 aliphatic rings. The highest BCUT2D eigenvalue weighted by Crippen LogP contribution is 2.46. The number of halogens is 1. The fourth-order valence-corrected chi connectivity index (χ4v) is 17.2. The Bertz CT molecular complexity index is 5830. The van der Waals surface area contributed by atoms with Crippen LogP contribution in [0.3, 0.4) is 0 Å². The van der Waals surface area contributed by atoms with Gasteiger partial charge in [-0.3, -0.25) is 25.2 Å². The maximum Gasteiger partial charge on any atom is 0.410 e. The first-order chi connectivity index (χ1) is 57.2. The van der Waals surface area contributed by atoms with Gasteiger partial charge < -0.3 is 50.9 Å². The monoisotopic (exact) mass is 1650 g/mol. The third-order valence-electron chi connectivity index (χ3n) is 20.9. The molecule has 614 valence electrons. The van der Waals surface area contributed by atoms with Crippen molar-refractivity contribution in [2.75, 3.05) is 65.4 Å². The van der Waals surface area contributed by atoms with Crippen molar-refractivity contribution in [3.8, 4) is 45.8 Å². The molecular formula is C84H97ClN24O7S2. The number of hydrogen-bond donors (Lipinski definition) is 11. The van der Waals surface area contributed by atoms with Gasteiger partial charge in [0.25, 0.3) is 10.0 Å². The molecule has 31 nitrogen and oxygen atoms in total. The van der Waals surface area contributed by atoms with Crippen LogP contribution in [0.5, 0.6) is 0 Å². The van der Waals surface area contributed by atoms with E-state index in [1.807, 2.05) is 114 Å². The molecule has 4 aliphatic heterocycles. The van der Waals surface area contributed by atoms with Crippen molar-refractivity contribution in [1.82, 2.24) is 95.2 Å². The van der Waals surface area contributed by atoms with Crippen LogP contribution in [0.1, 0.15) is 183 Å². The largest absolute Gasteiger partial charge is 0.445 e. The summed E-state index contributed by atoms with van der Waals surface area (Å²) in [4.78, 5) is 66.3. The number of ether oxygens (including phenoxy) is 1. The first-order valence-electron chi connectivity index (χ1n) is 39.4. The number of rotatable bonds is 14. The van der Waals surface area contributed by atoms with Crippen LogP contribution in [0.2, 0.25) is 5.02 Å². The Hall–Kier alpha value is -12.3. The van der Waals surface area contributed by atoms with Gasteiger partial charge in [-0.05, 0) is 126 Å². The summed E-state index contributed by atoms with van der Waals surface area (Å²) in [7, 11) is -3.68. The number of hydrogen-bond acceptors (Lipinski definition) is 25. The molecule has 3 atom stereocenters. The van der Waals surface area contributed by atoms with Crippen molar-refractivity contribution in [1.29, 1.82) is 0 Å². The maximum atomic E-state index is 12.7. The average Bonchev–Trinajstić information content (AvgIpc) is 1.19. The van der Waals surface area contributed by atoms with E-state index in [-0.39, 0.29) is 39.5 Å². The molecular weight excluding hydrogens is 1560 g/mol. The number of carbonyl (C=O) groups excluding carboxylic acids is 2. The number of benzene rings is 3. The summed E-state index contributed by atoms with van der Waals surface area (Å²) in [5, 5.41) is 64.8. The van der Waals surface area contributed by atoms with Gasteiger partial charge >= 0.3 is 6.09 Å². The van der Waals surface area contributed by atoms with Gasteiger partial charge in [0.2, 0.25) is 11.9 Å². The van der Waals surface area contributed by atoms with Crippen LogP contribution in [0.4, 0.5) is 57.3 Å². The molecule has 3 unspecified atom stereocenters. The Morgan fingerprint density at radius 3 is 1.99 bits per heavy atom. The first-order valence-corrected chi connectivity index (χ1v) is 42.1. The molecule has 12 aromatic rings. The van der Waals surface area contributed by atoms with Gasteiger partial charge in [0.15, 0.2) is 52.4 Å². The quantitative estimate of drug-likeness (QED) is 0.0450. The lowest BCUT2D eigenvalue weighted by Crippen LogP contribution is -2.40. The number of fused-ring (bicyclic) bond motifs is 10. The molecule has 9 aromatic heterocycles. The van der Waals surface area contributed by atoms with E-state index < -0.39 is 27.8 Å². The number of likely N-dealkylation sites (tertiary alicyclic amines) is 1. The zero-order valence-corrected chi connectivity index (χ0v) is 67.7. The topological polar surface area (TPSA) is 406 Å². The second-order valence-electron chi connectivity index (χ2n) is 30.9. The third kappa shape index (κ3) is 19.2. The molecule has 3 aliphatic carbocycles. The van der Waals surface area contributed by atoms with Crippen LogP contribution >= 0.6 is 22.9 Å². The highest BCUT2D eigenvalue weighted by molar-refractivity contribution is 7.91. The minimum Gasteiger partial charge on any atom is -0.445 e. The fraction of sp³-hybridized carbons (Fsp3) is 0.333. The van der Waals surface area contributed by atoms with Crippen molar-refractivity contribution >= 4 is 104 Å². The van der Waals surface area contributed by atoms with Crippen LogP contribution in [-0.2, 0) is 32.6 Å². The second-order valence-corrected chi connectivity index (χ2v) is 34.3. The third-order valence-corrected chi connectivity index (χ3v) is 24.5. The Labute approximate surface area is 696 Å². The van der Waals surface area contributed by atoms with Crippen LogP contribution in [-0.4, -0.2) is 166 Å². The van der Waals surface area contributed by atoms with Crippen molar-refractivity contribution in [3.63, 3.8) is 0 Å². The number of aliphatic hydroxyl groups is 2. The number of carbonyl (C=O) groups is 2. The van der Waals surface area contributed by atoms with Gasteiger partial charge in [-0.2, -0.15) is 25.4 Å². The number of nitrogens with zero attached hydrogens (tertiary/aromatic N) is 15. The van der Waals surface area contributed by atoms with E-state index in [1.165, 1.54) is 62.0 Å². The standard InChI is InChI=1S/C27H30ClN7O4S2.C19H23N7O.C19H19N5O.C19H17N5O.4H2/c1-27(2,3)34-41(37,38)23-10-9-21(40-23)25-29-14-19(28)24(31-25)30-22-13-20(32-33-22)18-11-12-35(15-18)26(36)39-16-17-7-5-4-6-8-17;1-3-14-12-20-19(26-8-4-7-25(9-10-26)13(2)27)22-18(14)21-17-11-16(23-24-17)15-5-6-15;2*25-15-8-7-14-17(11-5-6-11)23-24-19(14)22-16-9-10-20-18(21-16)13-4-2-1-3-12(13)15;;;;/h4-10,13-14,18,34H,11-12,15-16H2,1-3H3,(H2,29,30,31,32,33);1,11-12,15H,4-10H2,2H3,(H2,20,21,22,23,24);1-4,9-11,15,25H,5-8H2,(H2,20,21,22,23,24);1-4,7-11,15,25H,5-6H2,(H2,20,21,22,23,24);4*1H/b;;;8-7-;;;;. The number of aliphatic hydroxyl groups excluding tert-OH is 2. The maximum absolute atomic E-state index is 12.7. The zero-order chi connectivity index (χ0) is 81.6. The number of aromatic amines is 4. The summed E-state index contributed by atoms with van der Waals surface area (Å²) in [6, 6.07) is 35.8. The lowest BCUT2D eigenvalue weighted by Gasteiger charge is -2.21. The summed E-state index contributed by atoms with van der Waals surface area (Å²) in [6.45, 7) is 11.2. The van der Waals surface area contributed by atoms with Gasteiger partial charge in [-0.1, -0.05) is 109 Å². The summed E-state index contributed by atoms with van der Waals surface area (Å²) in [5.74, 6) is 11.7. The number of amides is 2. The number of anilines is 9. The highest BCUT2D eigenvalue weighted by atomic mass is 35.5. The van der Waals surface area contributed by atoms with E-state index in [0.29, 0.717) is 119 Å². The number of terminal acetylenes is 1. The van der Waals surface area contributed by atoms with E-state index in [4.69, 9.17) is 22.8 Å². The average molecular weight is 1650 g/mol. The van der Waals surface area contributed by atoms with Gasteiger partial charge in [0, 0.05) is 151 Å². The predicted molar refractivity (Wildman–Crippen MR) is 459 cm³/mol. The Kier molecular flexibility index (Phi) is 23.5. The van der Waals surface area contributed by atoms with Gasteiger partial charge in [0.05, 0.1) is 35.0 Å². The van der Waals surface area contributed by atoms with Crippen molar-refractivity contribution < 1.29 is 38.7 Å². The van der Waals surface area contributed by atoms with Crippen LogP contribution in [0, 0.1) is 12.3 Å². The first kappa shape index (κ1) is 79.5. The van der Waals surface area contributed by atoms with E-state index in [1.54, 1.807) is 63.3 Å². The molecule has 13 heterocycles. The van der Waals surface area contributed by atoms with Crippen molar-refractivity contribution in [3.05, 3.63) is 207 Å². The lowest BCUT2D eigenvalue weighted by atomic mass is 9.96. The normalized spacial score (nSPS) is 17.7. The molecule has 34 heteroatoms. The lowest BCUT2D eigenvalue weighted by molar-refractivity contribution is -0.128. The van der Waals surface area contributed by atoms with Gasteiger partial charge in [-0.25, -0.2) is 52.8 Å². The van der Waals surface area contributed by atoms with Crippen LogP contribution in [0.15, 0.2) is 150 Å². The number of H-pyrrole nitrogens is 4. The minimum absolute atomic E-state index is 0. The number of aromatic nitrogens is 16. The molecule has 2 amide bonds. The second kappa shape index (κ2) is 34.9. The summed E-state index contributed by atoms with van der Waals surface area (Å²) < 4.78 is 33.7. The van der Waals surface area contributed by atoms with E-state index >= 15 is 0 Å². The fourth-order valence-electron chi connectivity index (χ4n) is 14.4. The molecule has 4 bridgehead atoms. The van der Waals surface area contributed by atoms with E-state index in [0.717, 1.165) is 106 Å². The summed E-state index contributed by atoms with van der Waals surface area (Å²) in [5.41, 5.74) is 10.8. The minimum atomic E-state index is -3.68. The molecule has 11 N–H and O–H groups in total. The zero-order valence-electron chi connectivity index (χ0n) is 65.3. The number of thiophene rings is 1. The van der Waals surface area contributed by atoms with Gasteiger partial charge in [-0.15, -0.1) is 17.8 Å². The Morgan fingerprint density at radius 2 is 1.30 bits per heavy atom. The van der Waals surface area contributed by atoms with Gasteiger partial charge in [0.1, 0.15) is 27.5 Å². The van der Waals surface area contributed by atoms with Crippen molar-refractivity contribution in [2.24, 2.45) is 0 Å². The van der Waals surface area contributed by atoms with Crippen LogP contribution < -0.4 is 30.9 Å². The SMILES string of the molecule is C#Cc1cnc(N2CCCN(C(C)=O)CC2)nc1Nc1cc(C2CC2)[nH]n1.CC(C)(C)NS(=O)(=O)c1ccc(-c2ncc(Cl)c(Nc3cc(C4CCN(C(=O)OCc5ccccc5)C4)[nH]n3)n2)s1.OC1/C=C\c2c(n[nH]c2C2CC2)Nc2ccnc(n2)-c2ccccc21.OC1CCc2c(n[nH]c2C2CC2)Nc2ccnc(n2)-c2ccccc21.[HH].[HH].[HH].[HH]. The van der Waals surface area contributed by atoms with E-state index in [9.17, 15) is 28.2 Å². The molecule has 3 aromatic carbocycles. The summed E-state index contributed by atoms with van der Waals surface area (Å²) in [6.07, 6.45) is 24.5. The smallest absolute Gasteiger partial charge is 0.410 e.